The third kappa shape index (κ3) is 6.45. The van der Waals surface area contributed by atoms with Crippen molar-refractivity contribution in [3.8, 4) is 0 Å². The summed E-state index contributed by atoms with van der Waals surface area (Å²) in [7, 11) is 0. The molecule has 0 radical (unpaired) electrons. The van der Waals surface area contributed by atoms with Gasteiger partial charge < -0.3 is 15.4 Å². The summed E-state index contributed by atoms with van der Waals surface area (Å²) in [5.41, 5.74) is 1.79. The van der Waals surface area contributed by atoms with Crippen LogP contribution in [0, 0.1) is 6.92 Å². The van der Waals surface area contributed by atoms with Gasteiger partial charge in [0.1, 0.15) is 0 Å². The standard InChI is InChI=1S/C14H20N2O3/c1-10(2)19-13(17)7-8-15-14(18)16-12-6-4-5-11(3)9-12/h4-6,9-10H,7-8H2,1-3H3,(H2,15,16,18). The lowest BCUT2D eigenvalue weighted by Crippen LogP contribution is -2.31. The zero-order valence-corrected chi connectivity index (χ0v) is 11.5. The number of anilines is 1. The van der Waals surface area contributed by atoms with Crippen LogP contribution in [0.25, 0.3) is 0 Å². The number of benzene rings is 1. The first-order chi connectivity index (χ1) is 8.97. The van der Waals surface area contributed by atoms with Crippen LogP contribution in [-0.2, 0) is 9.53 Å². The minimum atomic E-state index is -0.331. The van der Waals surface area contributed by atoms with Crippen molar-refractivity contribution < 1.29 is 14.3 Å². The van der Waals surface area contributed by atoms with Crippen molar-refractivity contribution in [2.75, 3.05) is 11.9 Å². The fraction of sp³-hybridized carbons (Fsp3) is 0.429. The number of hydrogen-bond acceptors (Lipinski definition) is 3. The molecule has 0 saturated heterocycles. The zero-order valence-electron chi connectivity index (χ0n) is 11.5. The van der Waals surface area contributed by atoms with E-state index in [2.05, 4.69) is 10.6 Å². The first kappa shape index (κ1) is 15.0. The molecule has 0 heterocycles. The summed E-state index contributed by atoms with van der Waals surface area (Å²) in [4.78, 5) is 22.8. The first-order valence-electron chi connectivity index (χ1n) is 6.28. The number of urea groups is 1. The van der Waals surface area contributed by atoms with E-state index in [0.29, 0.717) is 0 Å². The molecule has 1 aromatic rings. The van der Waals surface area contributed by atoms with Gasteiger partial charge in [-0.15, -0.1) is 0 Å². The highest BCUT2D eigenvalue weighted by atomic mass is 16.5. The van der Waals surface area contributed by atoms with E-state index < -0.39 is 0 Å². The number of carbonyl (C=O) groups excluding carboxylic acids is 2. The molecule has 19 heavy (non-hydrogen) atoms. The average Bonchev–Trinajstić information content (AvgIpc) is 2.27. The largest absolute Gasteiger partial charge is 0.463 e. The molecule has 0 aliphatic carbocycles. The molecule has 2 N–H and O–H groups in total. The van der Waals surface area contributed by atoms with Crippen LogP contribution < -0.4 is 10.6 Å². The molecule has 0 bridgehead atoms. The van der Waals surface area contributed by atoms with Gasteiger partial charge in [-0.2, -0.15) is 0 Å². The van der Waals surface area contributed by atoms with Gasteiger partial charge in [-0.05, 0) is 38.5 Å². The van der Waals surface area contributed by atoms with Crippen molar-refractivity contribution in [3.63, 3.8) is 0 Å². The van der Waals surface area contributed by atoms with E-state index in [1.54, 1.807) is 19.9 Å². The Hall–Kier alpha value is -2.04. The molecule has 0 aromatic heterocycles. The van der Waals surface area contributed by atoms with Crippen LogP contribution in [0.5, 0.6) is 0 Å². The highest BCUT2D eigenvalue weighted by Gasteiger charge is 2.06. The third-order valence-electron chi connectivity index (χ3n) is 2.26. The second-order valence-electron chi connectivity index (χ2n) is 4.54. The Morgan fingerprint density at radius 1 is 1.32 bits per heavy atom. The Morgan fingerprint density at radius 2 is 2.05 bits per heavy atom. The highest BCUT2D eigenvalue weighted by molar-refractivity contribution is 5.89. The SMILES string of the molecule is Cc1cccc(NC(=O)NCCC(=O)OC(C)C)c1. The van der Waals surface area contributed by atoms with Crippen LogP contribution in [0.1, 0.15) is 25.8 Å². The lowest BCUT2D eigenvalue weighted by atomic mass is 10.2. The van der Waals surface area contributed by atoms with Crippen molar-refractivity contribution in [2.24, 2.45) is 0 Å². The van der Waals surface area contributed by atoms with E-state index in [1.807, 2.05) is 25.1 Å². The number of ether oxygens (including phenoxy) is 1. The van der Waals surface area contributed by atoms with Gasteiger partial charge in [0.05, 0.1) is 12.5 Å². The molecule has 0 aliphatic heterocycles. The van der Waals surface area contributed by atoms with E-state index in [0.717, 1.165) is 11.3 Å². The van der Waals surface area contributed by atoms with E-state index in [9.17, 15) is 9.59 Å². The Morgan fingerprint density at radius 3 is 2.68 bits per heavy atom. The summed E-state index contributed by atoms with van der Waals surface area (Å²) >= 11 is 0. The van der Waals surface area contributed by atoms with Crippen LogP contribution in [0.2, 0.25) is 0 Å². The van der Waals surface area contributed by atoms with Crippen molar-refractivity contribution in [2.45, 2.75) is 33.3 Å². The number of hydrogen-bond donors (Lipinski definition) is 2. The first-order valence-corrected chi connectivity index (χ1v) is 6.28. The molecule has 1 rings (SSSR count). The third-order valence-corrected chi connectivity index (χ3v) is 2.26. The quantitative estimate of drug-likeness (QED) is 0.803. The molecular formula is C14H20N2O3. The van der Waals surface area contributed by atoms with Gasteiger partial charge in [0, 0.05) is 12.2 Å². The van der Waals surface area contributed by atoms with Crippen molar-refractivity contribution in [1.29, 1.82) is 0 Å². The number of rotatable bonds is 5. The van der Waals surface area contributed by atoms with E-state index in [4.69, 9.17) is 4.74 Å². The van der Waals surface area contributed by atoms with Crippen molar-refractivity contribution in [1.82, 2.24) is 5.32 Å². The van der Waals surface area contributed by atoms with Gasteiger partial charge >= 0.3 is 12.0 Å². The summed E-state index contributed by atoms with van der Waals surface area (Å²) in [5, 5.41) is 5.30. The maximum Gasteiger partial charge on any atom is 0.319 e. The van der Waals surface area contributed by atoms with Crippen LogP contribution >= 0.6 is 0 Å². The van der Waals surface area contributed by atoms with Gasteiger partial charge in [-0.3, -0.25) is 4.79 Å². The summed E-state index contributed by atoms with van der Waals surface area (Å²) < 4.78 is 4.96. The van der Waals surface area contributed by atoms with Crippen molar-refractivity contribution >= 4 is 17.7 Å². The van der Waals surface area contributed by atoms with Crippen LogP contribution in [0.15, 0.2) is 24.3 Å². The highest BCUT2D eigenvalue weighted by Crippen LogP contribution is 2.08. The van der Waals surface area contributed by atoms with E-state index in [1.165, 1.54) is 0 Å². The molecule has 5 heteroatoms. The van der Waals surface area contributed by atoms with Gasteiger partial charge in [0.25, 0.3) is 0 Å². The number of nitrogens with one attached hydrogen (secondary N) is 2. The second kappa shape index (κ2) is 7.41. The predicted octanol–water partition coefficient (Wildman–Crippen LogP) is 2.46. The number of carbonyl (C=O) groups is 2. The molecular weight excluding hydrogens is 244 g/mol. The number of esters is 1. The van der Waals surface area contributed by atoms with Gasteiger partial charge in [0.2, 0.25) is 0 Å². The van der Waals surface area contributed by atoms with E-state index >= 15 is 0 Å². The number of aryl methyl sites for hydroxylation is 1. The van der Waals surface area contributed by atoms with Crippen LogP contribution in [0.3, 0.4) is 0 Å². The molecule has 2 amide bonds. The molecule has 0 fully saturated rings. The fourth-order valence-electron chi connectivity index (χ4n) is 1.50. The van der Waals surface area contributed by atoms with Gasteiger partial charge in [0.15, 0.2) is 0 Å². The summed E-state index contributed by atoms with van der Waals surface area (Å²) in [5.74, 6) is -0.314. The monoisotopic (exact) mass is 264 g/mol. The van der Waals surface area contributed by atoms with Gasteiger partial charge in [-0.25, -0.2) is 4.79 Å². The maximum absolute atomic E-state index is 11.6. The molecule has 0 spiro atoms. The summed E-state index contributed by atoms with van der Waals surface area (Å²) in [6.07, 6.45) is 0.0352. The van der Waals surface area contributed by atoms with E-state index in [-0.39, 0.29) is 31.1 Å². The lowest BCUT2D eigenvalue weighted by molar-refractivity contribution is -0.147. The molecule has 0 unspecified atom stereocenters. The van der Waals surface area contributed by atoms with Gasteiger partial charge in [-0.1, -0.05) is 12.1 Å². The Balaban J connectivity index is 2.27. The maximum atomic E-state index is 11.6. The molecule has 0 saturated carbocycles. The predicted molar refractivity (Wildman–Crippen MR) is 74.0 cm³/mol. The minimum Gasteiger partial charge on any atom is -0.463 e. The van der Waals surface area contributed by atoms with Crippen LogP contribution in [-0.4, -0.2) is 24.6 Å². The molecule has 1 aromatic carbocycles. The Kier molecular flexibility index (Phi) is 5.85. The fourth-order valence-corrected chi connectivity index (χ4v) is 1.50. The Labute approximate surface area is 113 Å². The smallest absolute Gasteiger partial charge is 0.319 e. The molecule has 0 aliphatic rings. The topological polar surface area (TPSA) is 67.4 Å². The lowest BCUT2D eigenvalue weighted by Gasteiger charge is -2.09. The average molecular weight is 264 g/mol. The van der Waals surface area contributed by atoms with Crippen LogP contribution in [0.4, 0.5) is 10.5 Å². The number of amides is 2. The molecule has 5 nitrogen and oxygen atoms in total. The molecule has 104 valence electrons. The zero-order chi connectivity index (χ0) is 14.3. The molecule has 0 atom stereocenters. The second-order valence-corrected chi connectivity index (χ2v) is 4.54. The normalized spacial score (nSPS) is 10.1. The Bertz CT molecular complexity index is 444. The minimum absolute atomic E-state index is 0.131. The van der Waals surface area contributed by atoms with Crippen molar-refractivity contribution in [3.05, 3.63) is 29.8 Å². The summed E-state index contributed by atoms with van der Waals surface area (Å²) in [6, 6.07) is 7.16. The summed E-state index contributed by atoms with van der Waals surface area (Å²) in [6.45, 7) is 5.78.